The van der Waals surface area contributed by atoms with Crippen molar-refractivity contribution in [1.29, 1.82) is 0 Å². The van der Waals surface area contributed by atoms with Gasteiger partial charge in [0, 0.05) is 0 Å². The summed E-state index contributed by atoms with van der Waals surface area (Å²) in [4.78, 5) is 0. The summed E-state index contributed by atoms with van der Waals surface area (Å²) in [6, 6.07) is 0. The Morgan fingerprint density at radius 3 is 2.38 bits per heavy atom. The van der Waals surface area contributed by atoms with Crippen molar-refractivity contribution in [3.05, 3.63) is 0 Å². The van der Waals surface area contributed by atoms with E-state index < -0.39 is 15.7 Å². The average molecular weight is 180 g/mol. The van der Waals surface area contributed by atoms with Crippen molar-refractivity contribution < 1.29 is 11.2 Å². The SMILES string of the molecule is CO[As]1OCCCO1. The van der Waals surface area contributed by atoms with Crippen molar-refractivity contribution in [1.82, 2.24) is 0 Å². The fourth-order valence-corrected chi connectivity index (χ4v) is 2.25. The zero-order chi connectivity index (χ0) is 5.82. The third-order valence-corrected chi connectivity index (χ3v) is 3.11. The number of hydrogen-bond acceptors (Lipinski definition) is 3. The van der Waals surface area contributed by atoms with Gasteiger partial charge in [0.1, 0.15) is 0 Å². The van der Waals surface area contributed by atoms with E-state index in [1.54, 1.807) is 7.11 Å². The molecule has 1 rings (SSSR count). The van der Waals surface area contributed by atoms with Gasteiger partial charge in [-0.05, 0) is 0 Å². The van der Waals surface area contributed by atoms with Gasteiger partial charge >= 0.3 is 53.6 Å². The second kappa shape index (κ2) is 3.46. The predicted octanol–water partition coefficient (Wildman–Crippen LogP) is 0.0546. The Kier molecular flexibility index (Phi) is 2.84. The number of hydrogen-bond donors (Lipinski definition) is 0. The summed E-state index contributed by atoms with van der Waals surface area (Å²) >= 11 is -1.66. The van der Waals surface area contributed by atoms with E-state index in [0.717, 1.165) is 19.6 Å². The van der Waals surface area contributed by atoms with Crippen LogP contribution in [0.15, 0.2) is 0 Å². The molecular weight excluding hydrogens is 171 g/mol. The Morgan fingerprint density at radius 1 is 1.38 bits per heavy atom. The van der Waals surface area contributed by atoms with E-state index in [-0.39, 0.29) is 0 Å². The van der Waals surface area contributed by atoms with Crippen LogP contribution in [-0.4, -0.2) is 36.0 Å². The molecule has 0 aliphatic carbocycles. The first-order valence-electron chi connectivity index (χ1n) is 2.53. The van der Waals surface area contributed by atoms with Gasteiger partial charge in [0.15, 0.2) is 0 Å². The van der Waals surface area contributed by atoms with Crippen LogP contribution in [0.2, 0.25) is 0 Å². The molecule has 0 bridgehead atoms. The second-order valence-electron chi connectivity index (χ2n) is 1.43. The predicted molar refractivity (Wildman–Crippen MR) is 29.3 cm³/mol. The molecule has 3 nitrogen and oxygen atoms in total. The molecule has 48 valence electrons. The molecular formula is C4H9AsO3. The summed E-state index contributed by atoms with van der Waals surface area (Å²) < 4.78 is 15.1. The third kappa shape index (κ3) is 1.75. The molecule has 0 saturated carbocycles. The third-order valence-electron chi connectivity index (χ3n) is 0.831. The van der Waals surface area contributed by atoms with Gasteiger partial charge in [0.2, 0.25) is 0 Å². The van der Waals surface area contributed by atoms with Crippen LogP contribution in [0.1, 0.15) is 6.42 Å². The second-order valence-corrected chi connectivity index (χ2v) is 4.21. The van der Waals surface area contributed by atoms with E-state index in [9.17, 15) is 0 Å². The number of rotatable bonds is 1. The van der Waals surface area contributed by atoms with E-state index in [1.807, 2.05) is 0 Å². The van der Waals surface area contributed by atoms with Crippen molar-refractivity contribution in [3.63, 3.8) is 0 Å². The first kappa shape index (κ1) is 6.56. The topological polar surface area (TPSA) is 27.7 Å². The molecule has 1 heterocycles. The molecule has 4 heteroatoms. The summed E-state index contributed by atoms with van der Waals surface area (Å²) in [5.74, 6) is 0. The van der Waals surface area contributed by atoms with E-state index in [0.29, 0.717) is 0 Å². The van der Waals surface area contributed by atoms with Gasteiger partial charge in [-0.2, -0.15) is 0 Å². The molecule has 8 heavy (non-hydrogen) atoms. The van der Waals surface area contributed by atoms with E-state index in [4.69, 9.17) is 11.2 Å². The molecule has 0 radical (unpaired) electrons. The maximum absolute atomic E-state index is 5.13. The van der Waals surface area contributed by atoms with Crippen molar-refractivity contribution in [2.45, 2.75) is 6.42 Å². The quantitative estimate of drug-likeness (QED) is 0.534. The molecule has 0 N–H and O–H groups in total. The van der Waals surface area contributed by atoms with Gasteiger partial charge < -0.3 is 0 Å². The summed E-state index contributed by atoms with van der Waals surface area (Å²) in [5, 5.41) is 0. The average Bonchev–Trinajstić information content (AvgIpc) is 1.90. The monoisotopic (exact) mass is 180 g/mol. The van der Waals surface area contributed by atoms with Crippen LogP contribution in [0.25, 0.3) is 0 Å². The molecule has 0 amide bonds. The van der Waals surface area contributed by atoms with Gasteiger partial charge in [-0.3, -0.25) is 0 Å². The summed E-state index contributed by atoms with van der Waals surface area (Å²) in [7, 11) is 1.63. The molecule has 0 spiro atoms. The Morgan fingerprint density at radius 2 is 2.00 bits per heavy atom. The van der Waals surface area contributed by atoms with Crippen LogP contribution >= 0.6 is 0 Å². The van der Waals surface area contributed by atoms with E-state index in [2.05, 4.69) is 0 Å². The van der Waals surface area contributed by atoms with Crippen LogP contribution in [-0.2, 0) is 11.2 Å². The molecule has 0 unspecified atom stereocenters. The molecule has 0 atom stereocenters. The molecule has 1 saturated heterocycles. The molecule has 0 aromatic heterocycles. The molecule has 1 aliphatic heterocycles. The fourth-order valence-electron chi connectivity index (χ4n) is 0.480. The minimum absolute atomic E-state index is 0.813. The zero-order valence-electron chi connectivity index (χ0n) is 4.79. The van der Waals surface area contributed by atoms with Crippen molar-refractivity contribution in [2.24, 2.45) is 0 Å². The van der Waals surface area contributed by atoms with E-state index in [1.165, 1.54) is 0 Å². The molecule has 0 aromatic rings. The van der Waals surface area contributed by atoms with Crippen molar-refractivity contribution in [3.8, 4) is 0 Å². The van der Waals surface area contributed by atoms with Crippen LogP contribution in [0, 0.1) is 0 Å². The minimum atomic E-state index is -1.66. The van der Waals surface area contributed by atoms with Crippen molar-refractivity contribution in [2.75, 3.05) is 20.3 Å². The first-order chi connectivity index (χ1) is 3.93. The van der Waals surface area contributed by atoms with Crippen molar-refractivity contribution >= 4 is 15.7 Å². The van der Waals surface area contributed by atoms with Gasteiger partial charge in [-0.1, -0.05) is 0 Å². The van der Waals surface area contributed by atoms with Gasteiger partial charge in [-0.15, -0.1) is 0 Å². The fraction of sp³-hybridized carbons (Fsp3) is 1.00. The normalized spacial score (nSPS) is 23.6. The Bertz CT molecular complexity index is 62.3. The summed E-state index contributed by atoms with van der Waals surface area (Å²) in [5.41, 5.74) is 0. The van der Waals surface area contributed by atoms with Crippen LogP contribution < -0.4 is 0 Å². The Balaban J connectivity index is 2.13. The Labute approximate surface area is 54.2 Å². The Hall–Kier alpha value is 0.438. The first-order valence-corrected chi connectivity index (χ1v) is 4.83. The maximum atomic E-state index is 5.13. The van der Waals surface area contributed by atoms with Crippen LogP contribution in [0.3, 0.4) is 0 Å². The van der Waals surface area contributed by atoms with Crippen LogP contribution in [0.5, 0.6) is 0 Å². The van der Waals surface area contributed by atoms with Gasteiger partial charge in [0.05, 0.1) is 0 Å². The zero-order valence-corrected chi connectivity index (χ0v) is 6.67. The van der Waals surface area contributed by atoms with Crippen LogP contribution in [0.4, 0.5) is 0 Å². The molecule has 1 fully saturated rings. The van der Waals surface area contributed by atoms with E-state index >= 15 is 0 Å². The van der Waals surface area contributed by atoms with Gasteiger partial charge in [0.25, 0.3) is 0 Å². The summed E-state index contributed by atoms with van der Waals surface area (Å²) in [6.07, 6.45) is 1.01. The summed E-state index contributed by atoms with van der Waals surface area (Å²) in [6.45, 7) is 1.63. The van der Waals surface area contributed by atoms with Gasteiger partial charge in [-0.25, -0.2) is 0 Å². The standard InChI is InChI=1S/C4H9AsO3/c1-6-5-7-3-2-4-8-5/h2-4H2,1H3. The molecule has 0 aromatic carbocycles. The molecule has 1 aliphatic rings.